The molecule has 1 saturated heterocycles. The maximum atomic E-state index is 12.5. The second-order valence-electron chi connectivity index (χ2n) is 7.85. The van der Waals surface area contributed by atoms with E-state index in [-0.39, 0.29) is 11.9 Å². The van der Waals surface area contributed by atoms with Gasteiger partial charge in [0.2, 0.25) is 5.91 Å². The minimum Gasteiger partial charge on any atom is -0.349 e. The molecular formula is C18H34N4O2. The first kappa shape index (κ1) is 19.0. The monoisotopic (exact) mass is 338 g/mol. The van der Waals surface area contributed by atoms with Crippen molar-refractivity contribution in [2.75, 3.05) is 41.3 Å². The molecule has 2 fully saturated rings. The Kier molecular flexibility index (Phi) is 6.90. The molecule has 0 unspecified atom stereocenters. The number of urea groups is 1. The summed E-state index contributed by atoms with van der Waals surface area (Å²) >= 11 is 0. The average Bonchev–Trinajstić information content (AvgIpc) is 2.55. The molecule has 1 aliphatic carbocycles. The summed E-state index contributed by atoms with van der Waals surface area (Å²) in [6.45, 7) is 1.53. The van der Waals surface area contributed by atoms with Gasteiger partial charge in [-0.3, -0.25) is 4.79 Å². The number of hydrogen-bond acceptors (Lipinski definition) is 3. The largest absolute Gasteiger partial charge is 0.349 e. The molecule has 1 N–H and O–H groups in total. The van der Waals surface area contributed by atoms with Crippen LogP contribution in [0.3, 0.4) is 0 Å². The third kappa shape index (κ3) is 5.36. The first-order valence-corrected chi connectivity index (χ1v) is 9.28. The van der Waals surface area contributed by atoms with Crippen LogP contribution in [0.1, 0.15) is 44.9 Å². The van der Waals surface area contributed by atoms with Crippen molar-refractivity contribution in [1.29, 1.82) is 0 Å². The highest BCUT2D eigenvalue weighted by Crippen LogP contribution is 2.23. The van der Waals surface area contributed by atoms with Crippen LogP contribution in [0.5, 0.6) is 0 Å². The summed E-state index contributed by atoms with van der Waals surface area (Å²) in [7, 11) is 7.84. The first-order chi connectivity index (χ1) is 11.4. The molecule has 6 heteroatoms. The Morgan fingerprint density at radius 2 is 1.71 bits per heavy atom. The Labute approximate surface area is 146 Å². The summed E-state index contributed by atoms with van der Waals surface area (Å²) in [6, 6.07) is 0.954. The number of amides is 3. The topological polar surface area (TPSA) is 55.9 Å². The van der Waals surface area contributed by atoms with E-state index in [2.05, 4.69) is 24.3 Å². The number of hydrogen-bond donors (Lipinski definition) is 1. The van der Waals surface area contributed by atoms with E-state index in [1.807, 2.05) is 4.90 Å². The molecule has 0 radical (unpaired) electrons. The van der Waals surface area contributed by atoms with Gasteiger partial charge >= 0.3 is 6.03 Å². The number of carbonyl (C=O) groups excluding carboxylic acids is 2. The van der Waals surface area contributed by atoms with Crippen molar-refractivity contribution >= 4 is 11.9 Å². The van der Waals surface area contributed by atoms with Gasteiger partial charge in [-0.25, -0.2) is 4.79 Å². The lowest BCUT2D eigenvalue weighted by Gasteiger charge is -2.36. The van der Waals surface area contributed by atoms with Crippen molar-refractivity contribution in [3.05, 3.63) is 0 Å². The van der Waals surface area contributed by atoms with Crippen LogP contribution in [0.4, 0.5) is 4.79 Å². The zero-order valence-electron chi connectivity index (χ0n) is 15.8. The van der Waals surface area contributed by atoms with Gasteiger partial charge in [-0.1, -0.05) is 0 Å². The molecule has 2 rings (SSSR count). The van der Waals surface area contributed by atoms with Crippen LogP contribution in [0.2, 0.25) is 0 Å². The van der Waals surface area contributed by atoms with Gasteiger partial charge in [0.15, 0.2) is 0 Å². The highest BCUT2D eigenvalue weighted by atomic mass is 16.2. The van der Waals surface area contributed by atoms with Gasteiger partial charge in [-0.2, -0.15) is 0 Å². The Morgan fingerprint density at radius 3 is 2.29 bits per heavy atom. The molecule has 6 nitrogen and oxygen atoms in total. The van der Waals surface area contributed by atoms with E-state index in [0.717, 1.165) is 38.8 Å². The van der Waals surface area contributed by atoms with E-state index in [0.29, 0.717) is 24.4 Å². The quantitative estimate of drug-likeness (QED) is 0.850. The smallest absolute Gasteiger partial charge is 0.317 e. The van der Waals surface area contributed by atoms with E-state index < -0.39 is 0 Å². The maximum Gasteiger partial charge on any atom is 0.317 e. The first-order valence-electron chi connectivity index (χ1n) is 9.28. The molecule has 3 amide bonds. The summed E-state index contributed by atoms with van der Waals surface area (Å²) in [5.41, 5.74) is 0. The predicted octanol–water partition coefficient (Wildman–Crippen LogP) is 1.76. The van der Waals surface area contributed by atoms with Crippen LogP contribution in [0, 0.1) is 5.92 Å². The summed E-state index contributed by atoms with van der Waals surface area (Å²) in [4.78, 5) is 30.2. The fourth-order valence-corrected chi connectivity index (χ4v) is 3.80. The van der Waals surface area contributed by atoms with Crippen molar-refractivity contribution in [2.24, 2.45) is 5.92 Å². The summed E-state index contributed by atoms with van der Waals surface area (Å²) in [5, 5.41) is 3.23. The third-order valence-electron chi connectivity index (χ3n) is 5.57. The number of nitrogens with one attached hydrogen (secondary N) is 1. The van der Waals surface area contributed by atoms with E-state index in [1.165, 1.54) is 12.8 Å². The Bertz CT molecular complexity index is 431. The van der Waals surface area contributed by atoms with E-state index in [9.17, 15) is 9.59 Å². The van der Waals surface area contributed by atoms with Crippen molar-refractivity contribution in [3.8, 4) is 0 Å². The Hall–Kier alpha value is -1.30. The lowest BCUT2D eigenvalue weighted by Crippen LogP contribution is -2.50. The molecule has 1 heterocycles. The number of likely N-dealkylation sites (tertiary alicyclic amines) is 1. The minimum absolute atomic E-state index is 0.0804. The standard InChI is InChI=1S/C18H34N4O2/c1-20(2)16-7-5-6-15(13-16)19-18(24)22-10-8-14(9-11-22)12-17(23)21(3)4/h14-16H,5-13H2,1-4H3,(H,19,24)/t15-,16-/m0/s1. The van der Waals surface area contributed by atoms with Crippen LogP contribution in [-0.2, 0) is 4.79 Å². The summed E-state index contributed by atoms with van der Waals surface area (Å²) < 4.78 is 0. The number of piperidine rings is 1. The van der Waals surface area contributed by atoms with Gasteiger partial charge in [-0.05, 0) is 58.5 Å². The van der Waals surface area contributed by atoms with E-state index in [4.69, 9.17) is 0 Å². The third-order valence-corrected chi connectivity index (χ3v) is 5.57. The zero-order chi connectivity index (χ0) is 17.7. The number of rotatable bonds is 4. The molecule has 2 aliphatic rings. The van der Waals surface area contributed by atoms with Gasteiger partial charge in [0.1, 0.15) is 0 Å². The van der Waals surface area contributed by atoms with Crippen molar-refractivity contribution in [1.82, 2.24) is 20.0 Å². The van der Waals surface area contributed by atoms with Gasteiger partial charge in [0.25, 0.3) is 0 Å². The van der Waals surface area contributed by atoms with Crippen LogP contribution < -0.4 is 5.32 Å². The molecular weight excluding hydrogens is 304 g/mol. The summed E-state index contributed by atoms with van der Waals surface area (Å²) in [6.07, 6.45) is 7.01. The fraction of sp³-hybridized carbons (Fsp3) is 0.889. The van der Waals surface area contributed by atoms with Crippen LogP contribution in [0.25, 0.3) is 0 Å². The number of nitrogens with zero attached hydrogens (tertiary/aromatic N) is 3. The normalized spacial score (nSPS) is 25.6. The Morgan fingerprint density at radius 1 is 1.04 bits per heavy atom. The molecule has 138 valence electrons. The molecule has 24 heavy (non-hydrogen) atoms. The van der Waals surface area contributed by atoms with Gasteiger partial charge in [-0.15, -0.1) is 0 Å². The molecule has 1 aliphatic heterocycles. The summed E-state index contributed by atoms with van der Waals surface area (Å²) in [5.74, 6) is 0.603. The van der Waals surface area contributed by atoms with Crippen LogP contribution >= 0.6 is 0 Å². The van der Waals surface area contributed by atoms with Gasteiger partial charge in [0, 0.05) is 45.7 Å². The lowest BCUT2D eigenvalue weighted by atomic mass is 9.90. The van der Waals surface area contributed by atoms with Crippen LogP contribution in [0.15, 0.2) is 0 Å². The molecule has 2 atom stereocenters. The van der Waals surface area contributed by atoms with Crippen molar-refractivity contribution in [2.45, 2.75) is 57.0 Å². The highest BCUT2D eigenvalue weighted by Gasteiger charge is 2.28. The van der Waals surface area contributed by atoms with Crippen LogP contribution in [-0.4, -0.2) is 80.0 Å². The second-order valence-corrected chi connectivity index (χ2v) is 7.85. The Balaban J connectivity index is 1.73. The van der Waals surface area contributed by atoms with E-state index in [1.54, 1.807) is 19.0 Å². The lowest BCUT2D eigenvalue weighted by molar-refractivity contribution is -0.129. The SMILES string of the molecule is CN(C)C(=O)CC1CCN(C(=O)N[C@H]2CCC[C@H](N(C)C)C2)CC1. The van der Waals surface area contributed by atoms with Gasteiger partial charge in [0.05, 0.1) is 0 Å². The molecule has 0 bridgehead atoms. The van der Waals surface area contributed by atoms with E-state index >= 15 is 0 Å². The number of carbonyl (C=O) groups is 2. The maximum absolute atomic E-state index is 12.5. The van der Waals surface area contributed by atoms with Gasteiger partial charge < -0.3 is 20.0 Å². The average molecular weight is 338 g/mol. The molecule has 0 aromatic carbocycles. The van der Waals surface area contributed by atoms with Crippen molar-refractivity contribution < 1.29 is 9.59 Å². The molecule has 0 spiro atoms. The molecule has 1 saturated carbocycles. The van der Waals surface area contributed by atoms with Crippen molar-refractivity contribution in [3.63, 3.8) is 0 Å². The predicted molar refractivity (Wildman–Crippen MR) is 95.9 cm³/mol. The zero-order valence-corrected chi connectivity index (χ0v) is 15.8. The molecule has 0 aromatic heterocycles. The second kappa shape index (κ2) is 8.70. The molecule has 0 aromatic rings. The minimum atomic E-state index is 0.0804. The highest BCUT2D eigenvalue weighted by molar-refractivity contribution is 5.76. The fourth-order valence-electron chi connectivity index (χ4n) is 3.80.